The molecule has 3 rings (SSSR count). The van der Waals surface area contributed by atoms with Gasteiger partial charge in [0.15, 0.2) is 6.61 Å². The van der Waals surface area contributed by atoms with Crippen LogP contribution in [0.15, 0.2) is 24.3 Å². The SMILES string of the molecule is C[C@H](C1CCN(C(=O)c2cccc(OCC(N)=O)c2)CC1)N1CCCC1. The molecule has 2 saturated heterocycles. The fourth-order valence-corrected chi connectivity index (χ4v) is 4.09. The van der Waals surface area contributed by atoms with E-state index in [0.717, 1.165) is 25.9 Å². The predicted octanol–water partition coefficient (Wildman–Crippen LogP) is 1.89. The lowest BCUT2D eigenvalue weighted by Crippen LogP contribution is -2.45. The Balaban J connectivity index is 1.54. The van der Waals surface area contributed by atoms with Gasteiger partial charge in [0, 0.05) is 24.7 Å². The number of ether oxygens (including phenoxy) is 1. The molecule has 6 heteroatoms. The number of piperidine rings is 1. The molecule has 26 heavy (non-hydrogen) atoms. The summed E-state index contributed by atoms with van der Waals surface area (Å²) < 4.78 is 5.30. The Hall–Kier alpha value is -2.08. The lowest BCUT2D eigenvalue weighted by atomic mass is 9.89. The van der Waals surface area contributed by atoms with Crippen LogP contribution in [-0.4, -0.2) is 60.4 Å². The van der Waals surface area contributed by atoms with Crippen molar-refractivity contribution < 1.29 is 14.3 Å². The fraction of sp³-hybridized carbons (Fsp3) is 0.600. The average Bonchev–Trinajstić information content (AvgIpc) is 3.20. The van der Waals surface area contributed by atoms with Crippen LogP contribution >= 0.6 is 0 Å². The van der Waals surface area contributed by atoms with Crippen molar-refractivity contribution in [2.45, 2.75) is 38.6 Å². The third-order valence-corrected chi connectivity index (χ3v) is 5.69. The molecule has 142 valence electrons. The molecule has 0 unspecified atom stereocenters. The van der Waals surface area contributed by atoms with E-state index < -0.39 is 5.91 Å². The van der Waals surface area contributed by atoms with Gasteiger partial charge in [0.2, 0.25) is 0 Å². The summed E-state index contributed by atoms with van der Waals surface area (Å²) in [5.74, 6) is 0.660. The molecular formula is C20H29N3O3. The second-order valence-corrected chi connectivity index (χ2v) is 7.40. The molecule has 2 aliphatic heterocycles. The first-order valence-electron chi connectivity index (χ1n) is 9.59. The second-order valence-electron chi connectivity index (χ2n) is 7.40. The topological polar surface area (TPSA) is 75.9 Å². The third kappa shape index (κ3) is 4.55. The highest BCUT2D eigenvalue weighted by molar-refractivity contribution is 5.94. The summed E-state index contributed by atoms with van der Waals surface area (Å²) in [4.78, 5) is 28.2. The Morgan fingerprint density at radius 3 is 2.54 bits per heavy atom. The average molecular weight is 359 g/mol. The highest BCUT2D eigenvalue weighted by atomic mass is 16.5. The largest absolute Gasteiger partial charge is 0.484 e. The number of carbonyl (C=O) groups excluding carboxylic acids is 2. The van der Waals surface area contributed by atoms with Crippen molar-refractivity contribution in [2.24, 2.45) is 11.7 Å². The number of carbonyl (C=O) groups is 2. The molecule has 0 aliphatic carbocycles. The van der Waals surface area contributed by atoms with Crippen molar-refractivity contribution in [3.05, 3.63) is 29.8 Å². The van der Waals surface area contributed by atoms with Crippen LogP contribution in [0.1, 0.15) is 43.0 Å². The molecule has 2 heterocycles. The van der Waals surface area contributed by atoms with Gasteiger partial charge in [0.1, 0.15) is 5.75 Å². The number of likely N-dealkylation sites (tertiary alicyclic amines) is 2. The van der Waals surface area contributed by atoms with Crippen molar-refractivity contribution >= 4 is 11.8 Å². The first-order valence-corrected chi connectivity index (χ1v) is 9.59. The van der Waals surface area contributed by atoms with Crippen LogP contribution in [-0.2, 0) is 4.79 Å². The van der Waals surface area contributed by atoms with Crippen molar-refractivity contribution in [3.63, 3.8) is 0 Å². The first-order chi connectivity index (χ1) is 12.5. The summed E-state index contributed by atoms with van der Waals surface area (Å²) in [6, 6.07) is 7.58. The number of benzene rings is 1. The van der Waals surface area contributed by atoms with Gasteiger partial charge in [-0.1, -0.05) is 6.07 Å². The summed E-state index contributed by atoms with van der Waals surface area (Å²) in [6.07, 6.45) is 4.74. The molecule has 2 amide bonds. The highest BCUT2D eigenvalue weighted by Gasteiger charge is 2.30. The van der Waals surface area contributed by atoms with Gasteiger partial charge in [-0.15, -0.1) is 0 Å². The fourth-order valence-electron chi connectivity index (χ4n) is 4.09. The first kappa shape index (κ1) is 18.7. The number of primary amides is 1. The minimum atomic E-state index is -0.532. The molecule has 2 N–H and O–H groups in total. The minimum absolute atomic E-state index is 0.0294. The van der Waals surface area contributed by atoms with Gasteiger partial charge in [-0.2, -0.15) is 0 Å². The zero-order chi connectivity index (χ0) is 18.5. The molecule has 2 fully saturated rings. The number of hydrogen-bond donors (Lipinski definition) is 1. The van der Waals surface area contributed by atoms with Gasteiger partial charge >= 0.3 is 0 Å². The lowest BCUT2D eigenvalue weighted by molar-refractivity contribution is -0.119. The lowest BCUT2D eigenvalue weighted by Gasteiger charge is -2.38. The predicted molar refractivity (Wildman–Crippen MR) is 100 cm³/mol. The minimum Gasteiger partial charge on any atom is -0.484 e. The van der Waals surface area contributed by atoms with Gasteiger partial charge < -0.3 is 20.3 Å². The van der Waals surface area contributed by atoms with E-state index in [1.165, 1.54) is 25.9 Å². The Kier molecular flexibility index (Phi) is 6.14. The molecule has 0 spiro atoms. The van der Waals surface area contributed by atoms with Crippen LogP contribution in [0.2, 0.25) is 0 Å². The molecule has 1 aromatic rings. The summed E-state index contributed by atoms with van der Waals surface area (Å²) in [5.41, 5.74) is 5.69. The zero-order valence-electron chi connectivity index (χ0n) is 15.5. The van der Waals surface area contributed by atoms with Gasteiger partial charge in [0.05, 0.1) is 0 Å². The van der Waals surface area contributed by atoms with Crippen LogP contribution in [0.4, 0.5) is 0 Å². The standard InChI is InChI=1S/C20H29N3O3/c1-15(22-9-2-3-10-22)16-7-11-23(12-8-16)20(25)17-5-4-6-18(13-17)26-14-19(21)24/h4-6,13,15-16H,2-3,7-12,14H2,1H3,(H2,21,24)/t15-/m1/s1. The Morgan fingerprint density at radius 2 is 1.88 bits per heavy atom. The van der Waals surface area contributed by atoms with E-state index in [9.17, 15) is 9.59 Å². The van der Waals surface area contributed by atoms with Gasteiger partial charge in [-0.25, -0.2) is 0 Å². The van der Waals surface area contributed by atoms with Gasteiger partial charge in [0.25, 0.3) is 11.8 Å². The van der Waals surface area contributed by atoms with Crippen molar-refractivity contribution in [3.8, 4) is 5.75 Å². The van der Waals surface area contributed by atoms with E-state index in [1.807, 2.05) is 4.90 Å². The Labute approximate surface area is 155 Å². The number of rotatable bonds is 6. The van der Waals surface area contributed by atoms with Gasteiger partial charge in [-0.05, 0) is 69.8 Å². The van der Waals surface area contributed by atoms with Crippen molar-refractivity contribution in [1.29, 1.82) is 0 Å². The molecule has 1 atom stereocenters. The summed E-state index contributed by atoms with van der Waals surface area (Å²) in [5, 5.41) is 0. The smallest absolute Gasteiger partial charge is 0.255 e. The maximum atomic E-state index is 12.8. The van der Waals surface area contributed by atoms with Crippen LogP contribution in [0.25, 0.3) is 0 Å². The maximum absolute atomic E-state index is 12.8. The number of amides is 2. The summed E-state index contributed by atoms with van der Waals surface area (Å²) >= 11 is 0. The number of nitrogens with two attached hydrogens (primary N) is 1. The summed E-state index contributed by atoms with van der Waals surface area (Å²) in [6.45, 7) is 6.20. The van der Waals surface area contributed by atoms with Crippen LogP contribution in [0.3, 0.4) is 0 Å². The van der Waals surface area contributed by atoms with Crippen molar-refractivity contribution in [1.82, 2.24) is 9.80 Å². The number of nitrogens with zero attached hydrogens (tertiary/aromatic N) is 2. The molecule has 6 nitrogen and oxygen atoms in total. The monoisotopic (exact) mass is 359 g/mol. The van der Waals surface area contributed by atoms with E-state index in [-0.39, 0.29) is 12.5 Å². The van der Waals surface area contributed by atoms with E-state index in [2.05, 4.69) is 11.8 Å². The van der Waals surface area contributed by atoms with E-state index >= 15 is 0 Å². The third-order valence-electron chi connectivity index (χ3n) is 5.69. The maximum Gasteiger partial charge on any atom is 0.255 e. The quantitative estimate of drug-likeness (QED) is 0.841. The van der Waals surface area contributed by atoms with Crippen molar-refractivity contribution in [2.75, 3.05) is 32.8 Å². The molecule has 0 saturated carbocycles. The normalized spacial score (nSPS) is 20.1. The Bertz CT molecular complexity index is 635. The van der Waals surface area contributed by atoms with Crippen LogP contribution in [0, 0.1) is 5.92 Å². The second kappa shape index (κ2) is 8.54. The molecule has 0 bridgehead atoms. The van der Waals surface area contributed by atoms with Gasteiger partial charge in [-0.3, -0.25) is 9.59 Å². The van der Waals surface area contributed by atoms with Crippen LogP contribution in [0.5, 0.6) is 5.75 Å². The van der Waals surface area contributed by atoms with E-state index in [0.29, 0.717) is 23.3 Å². The zero-order valence-corrected chi connectivity index (χ0v) is 15.5. The van der Waals surface area contributed by atoms with E-state index in [1.54, 1.807) is 24.3 Å². The highest BCUT2D eigenvalue weighted by Crippen LogP contribution is 2.27. The molecular weight excluding hydrogens is 330 g/mol. The molecule has 2 aliphatic rings. The molecule has 0 aromatic heterocycles. The number of hydrogen-bond acceptors (Lipinski definition) is 4. The summed E-state index contributed by atoms with van der Waals surface area (Å²) in [7, 11) is 0. The van der Waals surface area contributed by atoms with Crippen LogP contribution < -0.4 is 10.5 Å². The molecule has 0 radical (unpaired) electrons. The van der Waals surface area contributed by atoms with E-state index in [4.69, 9.17) is 10.5 Å². The molecule has 1 aromatic carbocycles. The Morgan fingerprint density at radius 1 is 1.19 bits per heavy atom.